The Morgan fingerprint density at radius 1 is 1.50 bits per heavy atom. The second-order valence-electron chi connectivity index (χ2n) is 4.85. The zero-order valence-electron chi connectivity index (χ0n) is 10.9. The predicted molar refractivity (Wildman–Crippen MR) is 70.7 cm³/mol. The van der Waals surface area contributed by atoms with Crippen LogP contribution in [-0.4, -0.2) is 25.6 Å². The van der Waals surface area contributed by atoms with Crippen molar-refractivity contribution in [1.29, 1.82) is 0 Å². The molecule has 2 rings (SSSR count). The highest BCUT2D eigenvalue weighted by atomic mass is 16.5. The summed E-state index contributed by atoms with van der Waals surface area (Å²) < 4.78 is 5.21. The molecule has 0 saturated carbocycles. The maximum atomic E-state index is 11.3. The molecule has 1 aliphatic heterocycles. The molecule has 0 bridgehead atoms. The van der Waals surface area contributed by atoms with E-state index in [1.54, 1.807) is 7.11 Å². The molecule has 3 N–H and O–H groups in total. The van der Waals surface area contributed by atoms with Crippen molar-refractivity contribution in [1.82, 2.24) is 5.32 Å². The highest BCUT2D eigenvalue weighted by Gasteiger charge is 2.26. The Morgan fingerprint density at radius 3 is 2.89 bits per heavy atom. The number of amides is 1. The zero-order valence-corrected chi connectivity index (χ0v) is 10.9. The number of hydrogen-bond acceptors (Lipinski definition) is 3. The maximum Gasteiger partial charge on any atom is 0.234 e. The Labute approximate surface area is 108 Å². The van der Waals surface area contributed by atoms with Gasteiger partial charge < -0.3 is 15.8 Å². The minimum Gasteiger partial charge on any atom is -0.497 e. The van der Waals surface area contributed by atoms with Crippen LogP contribution in [-0.2, 0) is 4.79 Å². The van der Waals surface area contributed by atoms with Crippen molar-refractivity contribution in [3.63, 3.8) is 0 Å². The van der Waals surface area contributed by atoms with Gasteiger partial charge in [0.05, 0.1) is 13.2 Å². The lowest BCUT2D eigenvalue weighted by molar-refractivity contribution is -0.120. The molecule has 0 radical (unpaired) electrons. The van der Waals surface area contributed by atoms with Crippen molar-refractivity contribution in [2.24, 2.45) is 5.73 Å². The van der Waals surface area contributed by atoms with Crippen LogP contribution < -0.4 is 15.8 Å². The molecule has 1 aromatic rings. The molecule has 1 saturated heterocycles. The van der Waals surface area contributed by atoms with Crippen LogP contribution in [0.3, 0.4) is 0 Å². The molecule has 0 aromatic heterocycles. The van der Waals surface area contributed by atoms with E-state index < -0.39 is 0 Å². The van der Waals surface area contributed by atoms with Crippen LogP contribution in [0.2, 0.25) is 0 Å². The molecule has 0 aliphatic carbocycles. The van der Waals surface area contributed by atoms with Crippen molar-refractivity contribution in [3.8, 4) is 5.75 Å². The summed E-state index contributed by atoms with van der Waals surface area (Å²) in [4.78, 5) is 11.3. The normalized spacial score (nSPS) is 23.7. The Kier molecular flexibility index (Phi) is 3.87. The van der Waals surface area contributed by atoms with Crippen LogP contribution in [0.5, 0.6) is 5.75 Å². The van der Waals surface area contributed by atoms with Crippen LogP contribution in [0.25, 0.3) is 0 Å². The van der Waals surface area contributed by atoms with Gasteiger partial charge in [0, 0.05) is 0 Å². The first-order valence-corrected chi connectivity index (χ1v) is 6.29. The average molecular weight is 248 g/mol. The van der Waals surface area contributed by atoms with Gasteiger partial charge in [-0.3, -0.25) is 4.79 Å². The molecule has 1 aromatic carbocycles. The van der Waals surface area contributed by atoms with Gasteiger partial charge >= 0.3 is 0 Å². The number of carbonyl (C=O) groups excluding carboxylic acids is 1. The molecule has 2 atom stereocenters. The van der Waals surface area contributed by atoms with E-state index in [2.05, 4.69) is 18.3 Å². The third-order valence-corrected chi connectivity index (χ3v) is 3.66. The van der Waals surface area contributed by atoms with Crippen LogP contribution in [0.4, 0.5) is 0 Å². The number of methoxy groups -OCH3 is 1. The summed E-state index contributed by atoms with van der Waals surface area (Å²) in [5.74, 6) is 1.01. The molecule has 1 heterocycles. The molecule has 18 heavy (non-hydrogen) atoms. The number of primary amides is 1. The molecule has 4 nitrogen and oxygen atoms in total. The summed E-state index contributed by atoms with van der Waals surface area (Å²) in [6, 6.07) is 5.91. The van der Waals surface area contributed by atoms with E-state index in [1.807, 2.05) is 12.1 Å². The Morgan fingerprint density at radius 2 is 2.28 bits per heavy atom. The number of piperidine rings is 1. The average Bonchev–Trinajstić information content (AvgIpc) is 2.38. The zero-order chi connectivity index (χ0) is 13.1. The van der Waals surface area contributed by atoms with Crippen LogP contribution >= 0.6 is 0 Å². The molecule has 1 fully saturated rings. The lowest BCUT2D eigenvalue weighted by Gasteiger charge is -2.29. The summed E-state index contributed by atoms with van der Waals surface area (Å²) in [5.41, 5.74) is 7.88. The van der Waals surface area contributed by atoms with E-state index in [0.29, 0.717) is 5.92 Å². The standard InChI is InChI=1S/C14H20N2O2/c1-9-7-11(18-2)3-4-12(9)10-5-6-16-13(8-10)14(15)17/h3-4,7,10,13,16H,5-6,8H2,1-2H3,(H2,15,17). The monoisotopic (exact) mass is 248 g/mol. The third-order valence-electron chi connectivity index (χ3n) is 3.66. The van der Waals surface area contributed by atoms with Gasteiger partial charge in [0.2, 0.25) is 5.91 Å². The van der Waals surface area contributed by atoms with Gasteiger partial charge in [0.1, 0.15) is 5.75 Å². The molecule has 1 amide bonds. The van der Waals surface area contributed by atoms with Gasteiger partial charge in [-0.05, 0) is 55.5 Å². The largest absolute Gasteiger partial charge is 0.497 e. The van der Waals surface area contributed by atoms with Crippen molar-refractivity contribution >= 4 is 5.91 Å². The topological polar surface area (TPSA) is 64.3 Å². The van der Waals surface area contributed by atoms with Crippen LogP contribution in [0.1, 0.15) is 29.9 Å². The fraction of sp³-hybridized carbons (Fsp3) is 0.500. The summed E-state index contributed by atoms with van der Waals surface area (Å²) in [6.45, 7) is 2.92. The number of aryl methyl sites for hydroxylation is 1. The summed E-state index contributed by atoms with van der Waals surface area (Å²) in [6.07, 6.45) is 1.82. The number of carbonyl (C=O) groups is 1. The predicted octanol–water partition coefficient (Wildman–Crippen LogP) is 1.32. The van der Waals surface area contributed by atoms with E-state index in [-0.39, 0.29) is 11.9 Å². The highest BCUT2D eigenvalue weighted by molar-refractivity contribution is 5.80. The molecule has 98 valence electrons. The number of nitrogens with two attached hydrogens (primary N) is 1. The Balaban J connectivity index is 2.18. The number of rotatable bonds is 3. The number of hydrogen-bond donors (Lipinski definition) is 2. The molecular formula is C14H20N2O2. The van der Waals surface area contributed by atoms with Crippen LogP contribution in [0.15, 0.2) is 18.2 Å². The van der Waals surface area contributed by atoms with Gasteiger partial charge in [-0.2, -0.15) is 0 Å². The quantitative estimate of drug-likeness (QED) is 0.848. The lowest BCUT2D eigenvalue weighted by Crippen LogP contribution is -2.46. The maximum absolute atomic E-state index is 11.3. The van der Waals surface area contributed by atoms with E-state index in [0.717, 1.165) is 25.1 Å². The first-order valence-electron chi connectivity index (χ1n) is 6.29. The fourth-order valence-electron chi connectivity index (χ4n) is 2.65. The van der Waals surface area contributed by atoms with Crippen molar-refractivity contribution in [2.45, 2.75) is 31.7 Å². The third kappa shape index (κ3) is 2.64. The molecule has 4 heteroatoms. The fourth-order valence-corrected chi connectivity index (χ4v) is 2.65. The minimum atomic E-state index is -0.258. The molecular weight excluding hydrogens is 228 g/mol. The van der Waals surface area contributed by atoms with Gasteiger partial charge in [-0.1, -0.05) is 6.07 Å². The van der Waals surface area contributed by atoms with Gasteiger partial charge in [-0.25, -0.2) is 0 Å². The SMILES string of the molecule is COc1ccc(C2CCNC(C(N)=O)C2)c(C)c1. The van der Waals surface area contributed by atoms with Crippen molar-refractivity contribution in [3.05, 3.63) is 29.3 Å². The van der Waals surface area contributed by atoms with Crippen LogP contribution in [0, 0.1) is 6.92 Å². The summed E-state index contributed by atoms with van der Waals surface area (Å²) >= 11 is 0. The van der Waals surface area contributed by atoms with E-state index >= 15 is 0 Å². The first kappa shape index (κ1) is 12.9. The Hall–Kier alpha value is -1.55. The minimum absolute atomic E-state index is 0.203. The van der Waals surface area contributed by atoms with Crippen molar-refractivity contribution < 1.29 is 9.53 Å². The molecule has 1 aliphatic rings. The van der Waals surface area contributed by atoms with Gasteiger partial charge in [0.15, 0.2) is 0 Å². The smallest absolute Gasteiger partial charge is 0.234 e. The second kappa shape index (κ2) is 5.40. The second-order valence-corrected chi connectivity index (χ2v) is 4.85. The van der Waals surface area contributed by atoms with E-state index in [1.165, 1.54) is 11.1 Å². The highest BCUT2D eigenvalue weighted by Crippen LogP contribution is 2.31. The lowest BCUT2D eigenvalue weighted by atomic mass is 9.84. The number of nitrogens with one attached hydrogen (secondary N) is 1. The molecule has 2 unspecified atom stereocenters. The molecule has 0 spiro atoms. The van der Waals surface area contributed by atoms with Crippen molar-refractivity contribution in [2.75, 3.05) is 13.7 Å². The van der Waals surface area contributed by atoms with E-state index in [4.69, 9.17) is 10.5 Å². The van der Waals surface area contributed by atoms with Gasteiger partial charge in [-0.15, -0.1) is 0 Å². The van der Waals surface area contributed by atoms with E-state index in [9.17, 15) is 4.79 Å². The number of ether oxygens (including phenoxy) is 1. The summed E-state index contributed by atoms with van der Waals surface area (Å²) in [7, 11) is 1.67. The Bertz CT molecular complexity index is 445. The first-order chi connectivity index (χ1) is 8.61. The summed E-state index contributed by atoms with van der Waals surface area (Å²) in [5, 5.41) is 3.16. The number of benzene rings is 1. The van der Waals surface area contributed by atoms with Gasteiger partial charge in [0.25, 0.3) is 0 Å².